The smallest absolute Gasteiger partial charge is 0.253 e. The minimum absolute atomic E-state index is 0.119. The highest BCUT2D eigenvalue weighted by Crippen LogP contribution is 2.42. The molecule has 1 aromatic carbocycles. The molecule has 1 fully saturated rings. The Morgan fingerprint density at radius 3 is 2.74 bits per heavy atom. The van der Waals surface area contributed by atoms with Crippen LogP contribution in [0.4, 0.5) is 4.39 Å². The fourth-order valence-electron chi connectivity index (χ4n) is 4.42. The Kier molecular flexibility index (Phi) is 4.45. The van der Waals surface area contributed by atoms with Crippen LogP contribution in [-0.4, -0.2) is 51.2 Å². The van der Waals surface area contributed by atoms with Crippen molar-refractivity contribution in [3.8, 4) is 0 Å². The van der Waals surface area contributed by atoms with E-state index in [2.05, 4.69) is 9.97 Å². The molecule has 0 bridgehead atoms. The molecule has 2 aliphatic rings. The Morgan fingerprint density at radius 2 is 2.04 bits per heavy atom. The van der Waals surface area contributed by atoms with E-state index in [1.165, 1.54) is 12.1 Å². The van der Waals surface area contributed by atoms with Crippen LogP contribution < -0.4 is 0 Å². The number of amides is 2. The molecule has 1 aromatic heterocycles. The quantitative estimate of drug-likeness (QED) is 0.883. The summed E-state index contributed by atoms with van der Waals surface area (Å²) >= 11 is 0. The Morgan fingerprint density at radius 1 is 1.26 bits per heavy atom. The van der Waals surface area contributed by atoms with Gasteiger partial charge in [-0.3, -0.25) is 9.59 Å². The molecular formula is C20H23FN4O2. The van der Waals surface area contributed by atoms with Crippen molar-refractivity contribution in [3.05, 3.63) is 53.4 Å². The number of hydrogen-bond acceptors (Lipinski definition) is 3. The van der Waals surface area contributed by atoms with Gasteiger partial charge in [0.2, 0.25) is 5.91 Å². The Hall–Kier alpha value is -2.70. The Bertz CT molecular complexity index is 870. The number of piperidine rings is 1. The highest BCUT2D eigenvalue weighted by molar-refractivity contribution is 5.94. The average Bonchev–Trinajstić information content (AvgIpc) is 3.18. The van der Waals surface area contributed by atoms with Crippen LogP contribution in [0, 0.1) is 5.82 Å². The van der Waals surface area contributed by atoms with E-state index in [9.17, 15) is 14.0 Å². The van der Waals surface area contributed by atoms with E-state index >= 15 is 0 Å². The maximum Gasteiger partial charge on any atom is 0.253 e. The van der Waals surface area contributed by atoms with E-state index in [1.807, 2.05) is 11.8 Å². The number of hydrogen-bond donors (Lipinski definition) is 1. The summed E-state index contributed by atoms with van der Waals surface area (Å²) in [5.74, 6) is -0.466. The zero-order valence-corrected chi connectivity index (χ0v) is 15.4. The number of H-pyrrole nitrogens is 1. The van der Waals surface area contributed by atoms with Gasteiger partial charge in [0, 0.05) is 43.7 Å². The molecule has 0 atom stereocenters. The number of carbonyl (C=O) groups excluding carboxylic acids is 2. The van der Waals surface area contributed by atoms with Gasteiger partial charge in [-0.2, -0.15) is 0 Å². The normalized spacial score (nSPS) is 18.4. The van der Waals surface area contributed by atoms with Crippen LogP contribution in [-0.2, 0) is 16.8 Å². The van der Waals surface area contributed by atoms with Crippen molar-refractivity contribution in [2.45, 2.75) is 38.1 Å². The third-order valence-corrected chi connectivity index (χ3v) is 5.81. The number of carbonyl (C=O) groups is 2. The van der Waals surface area contributed by atoms with Crippen molar-refractivity contribution in [1.82, 2.24) is 19.8 Å². The number of aromatic nitrogens is 2. The summed E-state index contributed by atoms with van der Waals surface area (Å²) in [7, 11) is 0. The molecule has 2 amide bonds. The first-order chi connectivity index (χ1) is 13.0. The van der Waals surface area contributed by atoms with Gasteiger partial charge in [-0.05, 0) is 31.0 Å². The van der Waals surface area contributed by atoms with E-state index in [4.69, 9.17) is 0 Å². The zero-order chi connectivity index (χ0) is 19.0. The minimum atomic E-state index is -0.459. The van der Waals surface area contributed by atoms with Crippen LogP contribution in [0.25, 0.3) is 0 Å². The van der Waals surface area contributed by atoms with E-state index in [0.29, 0.717) is 44.5 Å². The average molecular weight is 370 g/mol. The van der Waals surface area contributed by atoms with Gasteiger partial charge in [0.1, 0.15) is 5.82 Å². The number of halogens is 1. The van der Waals surface area contributed by atoms with Crippen LogP contribution in [0.2, 0.25) is 0 Å². The number of benzene rings is 1. The van der Waals surface area contributed by atoms with Gasteiger partial charge in [-0.1, -0.05) is 13.0 Å². The number of nitrogens with zero attached hydrogens (tertiary/aromatic N) is 3. The fourth-order valence-corrected chi connectivity index (χ4v) is 4.42. The van der Waals surface area contributed by atoms with E-state index in [-0.39, 0.29) is 11.8 Å². The first kappa shape index (κ1) is 17.7. The molecule has 142 valence electrons. The first-order valence-electron chi connectivity index (χ1n) is 9.43. The summed E-state index contributed by atoms with van der Waals surface area (Å²) in [4.78, 5) is 36.8. The molecule has 6 nitrogen and oxygen atoms in total. The van der Waals surface area contributed by atoms with Crippen LogP contribution >= 0.6 is 0 Å². The molecule has 0 aliphatic carbocycles. The van der Waals surface area contributed by atoms with Crippen molar-refractivity contribution < 1.29 is 14.0 Å². The van der Waals surface area contributed by atoms with Crippen LogP contribution in [0.15, 0.2) is 30.6 Å². The lowest BCUT2D eigenvalue weighted by atomic mass is 9.78. The molecule has 2 aromatic rings. The molecule has 1 saturated heterocycles. The van der Waals surface area contributed by atoms with Crippen LogP contribution in [0.5, 0.6) is 0 Å². The second kappa shape index (κ2) is 6.79. The van der Waals surface area contributed by atoms with Crippen molar-refractivity contribution in [2.24, 2.45) is 0 Å². The third kappa shape index (κ3) is 2.91. The predicted octanol–water partition coefficient (Wildman–Crippen LogP) is 2.48. The van der Waals surface area contributed by atoms with E-state index in [1.54, 1.807) is 23.4 Å². The van der Waals surface area contributed by atoms with Gasteiger partial charge in [-0.15, -0.1) is 0 Å². The molecular weight excluding hydrogens is 347 g/mol. The summed E-state index contributed by atoms with van der Waals surface area (Å²) in [5.41, 5.74) is 1.92. The van der Waals surface area contributed by atoms with Gasteiger partial charge >= 0.3 is 0 Å². The van der Waals surface area contributed by atoms with Crippen molar-refractivity contribution >= 4 is 11.8 Å². The molecule has 3 heterocycles. The number of rotatable bonds is 2. The van der Waals surface area contributed by atoms with E-state index in [0.717, 1.165) is 17.8 Å². The van der Waals surface area contributed by atoms with Crippen LogP contribution in [0.3, 0.4) is 0 Å². The highest BCUT2D eigenvalue weighted by atomic mass is 19.1. The molecule has 0 radical (unpaired) electrons. The summed E-state index contributed by atoms with van der Waals surface area (Å²) in [6.07, 6.45) is 4.19. The topological polar surface area (TPSA) is 69.3 Å². The lowest BCUT2D eigenvalue weighted by Crippen LogP contribution is -2.58. The fraction of sp³-hybridized carbons (Fsp3) is 0.450. The highest BCUT2D eigenvalue weighted by Gasteiger charge is 2.48. The maximum absolute atomic E-state index is 13.5. The van der Waals surface area contributed by atoms with E-state index < -0.39 is 11.4 Å². The largest absolute Gasteiger partial charge is 0.348 e. The Balaban J connectivity index is 1.59. The number of likely N-dealkylation sites (tertiary alicyclic amines) is 1. The SMILES string of the molecule is CCC(=O)N1CCc2[nH]cnc2C12CCN(C(=O)c1cccc(F)c1)CC2. The molecule has 27 heavy (non-hydrogen) atoms. The Labute approximate surface area is 157 Å². The zero-order valence-electron chi connectivity index (χ0n) is 15.4. The molecule has 0 unspecified atom stereocenters. The van der Waals surface area contributed by atoms with Gasteiger partial charge in [-0.25, -0.2) is 9.37 Å². The van der Waals surface area contributed by atoms with Gasteiger partial charge in [0.15, 0.2) is 0 Å². The first-order valence-corrected chi connectivity index (χ1v) is 9.43. The monoisotopic (exact) mass is 370 g/mol. The maximum atomic E-state index is 13.5. The third-order valence-electron chi connectivity index (χ3n) is 5.81. The molecule has 0 saturated carbocycles. The van der Waals surface area contributed by atoms with Crippen molar-refractivity contribution in [3.63, 3.8) is 0 Å². The second-order valence-electron chi connectivity index (χ2n) is 7.21. The van der Waals surface area contributed by atoms with Crippen molar-refractivity contribution in [1.29, 1.82) is 0 Å². The number of fused-ring (bicyclic) bond motifs is 2. The molecule has 7 heteroatoms. The molecule has 1 N–H and O–H groups in total. The summed E-state index contributed by atoms with van der Waals surface area (Å²) in [5, 5.41) is 0. The van der Waals surface area contributed by atoms with Crippen LogP contribution in [0.1, 0.15) is 47.9 Å². The second-order valence-corrected chi connectivity index (χ2v) is 7.21. The lowest BCUT2D eigenvalue weighted by molar-refractivity contribution is -0.141. The summed E-state index contributed by atoms with van der Waals surface area (Å²) < 4.78 is 13.5. The number of imidazole rings is 1. The molecule has 4 rings (SSSR count). The molecule has 2 aliphatic heterocycles. The number of nitrogens with one attached hydrogen (secondary N) is 1. The lowest BCUT2D eigenvalue weighted by Gasteiger charge is -2.50. The van der Waals surface area contributed by atoms with Gasteiger partial charge in [0.05, 0.1) is 17.6 Å². The summed E-state index contributed by atoms with van der Waals surface area (Å²) in [6, 6.07) is 5.78. The molecule has 1 spiro atoms. The minimum Gasteiger partial charge on any atom is -0.348 e. The van der Waals surface area contributed by atoms with Gasteiger partial charge in [0.25, 0.3) is 5.91 Å². The number of aromatic amines is 1. The van der Waals surface area contributed by atoms with Crippen molar-refractivity contribution in [2.75, 3.05) is 19.6 Å². The predicted molar refractivity (Wildman–Crippen MR) is 97.5 cm³/mol. The van der Waals surface area contributed by atoms with Gasteiger partial charge < -0.3 is 14.8 Å². The standard InChI is InChI=1S/C20H23FN4O2/c1-2-17(26)25-9-6-16-18(23-13-22-16)20(25)7-10-24(11-8-20)19(27)14-4-3-5-15(21)12-14/h3-5,12-13H,2,6-11H2,1H3,(H,22,23). The summed E-state index contributed by atoms with van der Waals surface area (Å²) in [6.45, 7) is 3.56.